The molecule has 1 heterocycles. The molecule has 0 fully saturated rings. The van der Waals surface area contributed by atoms with Crippen LogP contribution in [0.3, 0.4) is 0 Å². The Kier molecular flexibility index (Phi) is 3.26. The molecular weight excluding hydrogens is 304 g/mol. The molecule has 0 saturated carbocycles. The molecule has 0 unspecified atom stereocenters. The van der Waals surface area contributed by atoms with E-state index in [4.69, 9.17) is 0 Å². The average Bonchev–Trinajstić information content (AvgIpc) is 2.29. The standard InChI is InChI=1S/C11H9BrN2O2S/c1-17(15,16)11-13-6-9(7-14-11)8-2-4-10(12)5-3-8/h2-7H,1H3. The van der Waals surface area contributed by atoms with Gasteiger partial charge in [-0.25, -0.2) is 18.4 Å². The Balaban J connectivity index is 2.39. The molecule has 6 heteroatoms. The molecule has 17 heavy (non-hydrogen) atoms. The molecule has 1 aromatic carbocycles. The third-order valence-corrected chi connectivity index (χ3v) is 3.54. The Hall–Kier alpha value is -1.27. The highest BCUT2D eigenvalue weighted by Gasteiger charge is 2.10. The predicted octanol–water partition coefficient (Wildman–Crippen LogP) is 2.31. The van der Waals surface area contributed by atoms with Crippen LogP contribution in [0, 0.1) is 0 Å². The molecule has 1 aromatic heterocycles. The topological polar surface area (TPSA) is 59.9 Å². The molecule has 88 valence electrons. The maximum atomic E-state index is 11.2. The fourth-order valence-corrected chi connectivity index (χ4v) is 2.05. The number of benzene rings is 1. The summed E-state index contributed by atoms with van der Waals surface area (Å²) in [7, 11) is -3.34. The molecule has 2 rings (SSSR count). The first kappa shape index (κ1) is 12.2. The Labute approximate surface area is 108 Å². The van der Waals surface area contributed by atoms with E-state index >= 15 is 0 Å². The number of hydrogen-bond acceptors (Lipinski definition) is 4. The summed E-state index contributed by atoms with van der Waals surface area (Å²) in [4.78, 5) is 7.68. The number of sulfone groups is 1. The molecule has 2 aromatic rings. The molecule has 0 spiro atoms. The van der Waals surface area contributed by atoms with E-state index in [0.717, 1.165) is 21.9 Å². The maximum Gasteiger partial charge on any atom is 0.246 e. The van der Waals surface area contributed by atoms with Crippen LogP contribution in [0.25, 0.3) is 11.1 Å². The molecule has 0 saturated heterocycles. The van der Waals surface area contributed by atoms with E-state index in [0.29, 0.717) is 0 Å². The summed E-state index contributed by atoms with van der Waals surface area (Å²) in [5.41, 5.74) is 1.72. The van der Waals surface area contributed by atoms with Gasteiger partial charge >= 0.3 is 0 Å². The summed E-state index contributed by atoms with van der Waals surface area (Å²) in [6.07, 6.45) is 4.10. The molecule has 0 bridgehead atoms. The molecule has 0 aliphatic carbocycles. The lowest BCUT2D eigenvalue weighted by Gasteiger charge is -2.01. The fourth-order valence-electron chi connectivity index (χ4n) is 1.30. The van der Waals surface area contributed by atoms with Crippen molar-refractivity contribution >= 4 is 25.8 Å². The van der Waals surface area contributed by atoms with Crippen molar-refractivity contribution in [1.82, 2.24) is 9.97 Å². The van der Waals surface area contributed by atoms with E-state index in [9.17, 15) is 8.42 Å². The summed E-state index contributed by atoms with van der Waals surface area (Å²) in [5.74, 6) is 0. The Bertz CT molecular complexity index is 622. The number of rotatable bonds is 2. The predicted molar refractivity (Wildman–Crippen MR) is 68.3 cm³/mol. The highest BCUT2D eigenvalue weighted by molar-refractivity contribution is 9.10. The fraction of sp³-hybridized carbons (Fsp3) is 0.0909. The van der Waals surface area contributed by atoms with Crippen molar-refractivity contribution in [2.75, 3.05) is 6.26 Å². The number of hydrogen-bond donors (Lipinski definition) is 0. The van der Waals surface area contributed by atoms with Gasteiger partial charge in [0, 0.05) is 28.7 Å². The van der Waals surface area contributed by atoms with Crippen LogP contribution in [0.2, 0.25) is 0 Å². The van der Waals surface area contributed by atoms with Crippen molar-refractivity contribution in [3.63, 3.8) is 0 Å². The van der Waals surface area contributed by atoms with E-state index < -0.39 is 9.84 Å². The van der Waals surface area contributed by atoms with Crippen molar-refractivity contribution in [3.8, 4) is 11.1 Å². The first-order valence-electron chi connectivity index (χ1n) is 4.75. The minimum Gasteiger partial charge on any atom is -0.226 e. The van der Waals surface area contributed by atoms with Crippen LogP contribution in [-0.2, 0) is 9.84 Å². The molecular formula is C11H9BrN2O2S. The van der Waals surface area contributed by atoms with Gasteiger partial charge in [0.05, 0.1) is 0 Å². The number of halogens is 1. The van der Waals surface area contributed by atoms with Gasteiger partial charge in [0.25, 0.3) is 0 Å². The van der Waals surface area contributed by atoms with Crippen LogP contribution in [0.1, 0.15) is 0 Å². The van der Waals surface area contributed by atoms with Gasteiger partial charge in [-0.3, -0.25) is 0 Å². The quantitative estimate of drug-likeness (QED) is 0.798. The maximum absolute atomic E-state index is 11.2. The largest absolute Gasteiger partial charge is 0.246 e. The molecule has 0 amide bonds. The zero-order valence-electron chi connectivity index (χ0n) is 8.96. The van der Waals surface area contributed by atoms with Crippen molar-refractivity contribution in [1.29, 1.82) is 0 Å². The monoisotopic (exact) mass is 312 g/mol. The van der Waals surface area contributed by atoms with Gasteiger partial charge in [-0.1, -0.05) is 28.1 Å². The van der Waals surface area contributed by atoms with Crippen LogP contribution in [0.4, 0.5) is 0 Å². The van der Waals surface area contributed by atoms with Gasteiger partial charge in [-0.2, -0.15) is 0 Å². The lowest BCUT2D eigenvalue weighted by Crippen LogP contribution is -2.03. The zero-order valence-corrected chi connectivity index (χ0v) is 11.4. The Morgan fingerprint density at radius 1 is 1.00 bits per heavy atom. The average molecular weight is 313 g/mol. The van der Waals surface area contributed by atoms with Gasteiger partial charge in [-0.15, -0.1) is 0 Å². The molecule has 0 N–H and O–H groups in total. The Morgan fingerprint density at radius 2 is 1.53 bits per heavy atom. The summed E-state index contributed by atoms with van der Waals surface area (Å²) < 4.78 is 23.4. The van der Waals surface area contributed by atoms with Gasteiger partial charge in [-0.05, 0) is 17.7 Å². The highest BCUT2D eigenvalue weighted by Crippen LogP contribution is 2.20. The second-order valence-electron chi connectivity index (χ2n) is 3.53. The van der Waals surface area contributed by atoms with Crippen molar-refractivity contribution in [2.45, 2.75) is 5.16 Å². The Morgan fingerprint density at radius 3 is 2.00 bits per heavy atom. The minimum atomic E-state index is -3.34. The van der Waals surface area contributed by atoms with E-state index in [1.807, 2.05) is 24.3 Å². The smallest absolute Gasteiger partial charge is 0.226 e. The third-order valence-electron chi connectivity index (χ3n) is 2.14. The lowest BCUT2D eigenvalue weighted by atomic mass is 10.1. The summed E-state index contributed by atoms with van der Waals surface area (Å²) in [6.45, 7) is 0. The second-order valence-corrected chi connectivity index (χ2v) is 6.36. The van der Waals surface area contributed by atoms with Gasteiger partial charge in [0.1, 0.15) is 0 Å². The van der Waals surface area contributed by atoms with Crippen LogP contribution in [0.5, 0.6) is 0 Å². The van der Waals surface area contributed by atoms with Crippen molar-refractivity contribution in [2.24, 2.45) is 0 Å². The van der Waals surface area contributed by atoms with Crippen LogP contribution >= 0.6 is 15.9 Å². The van der Waals surface area contributed by atoms with E-state index in [1.165, 1.54) is 12.4 Å². The molecule has 4 nitrogen and oxygen atoms in total. The summed E-state index contributed by atoms with van der Waals surface area (Å²) >= 11 is 3.35. The SMILES string of the molecule is CS(=O)(=O)c1ncc(-c2ccc(Br)cc2)cn1. The van der Waals surface area contributed by atoms with Crippen LogP contribution in [0.15, 0.2) is 46.3 Å². The second kappa shape index (κ2) is 4.54. The first-order valence-corrected chi connectivity index (χ1v) is 7.43. The molecule has 0 atom stereocenters. The van der Waals surface area contributed by atoms with Gasteiger partial charge < -0.3 is 0 Å². The molecule has 0 radical (unpaired) electrons. The normalized spacial score (nSPS) is 11.4. The highest BCUT2D eigenvalue weighted by atomic mass is 79.9. The minimum absolute atomic E-state index is 0.154. The third kappa shape index (κ3) is 2.89. The number of aromatic nitrogens is 2. The van der Waals surface area contributed by atoms with Crippen molar-refractivity contribution in [3.05, 3.63) is 41.1 Å². The van der Waals surface area contributed by atoms with Crippen LogP contribution < -0.4 is 0 Å². The van der Waals surface area contributed by atoms with Gasteiger partial charge in [0.15, 0.2) is 0 Å². The summed E-state index contributed by atoms with van der Waals surface area (Å²) in [6, 6.07) is 7.62. The number of nitrogens with zero attached hydrogens (tertiary/aromatic N) is 2. The van der Waals surface area contributed by atoms with Crippen LogP contribution in [-0.4, -0.2) is 24.6 Å². The lowest BCUT2D eigenvalue weighted by molar-refractivity contribution is 0.593. The van der Waals surface area contributed by atoms with E-state index in [-0.39, 0.29) is 5.16 Å². The van der Waals surface area contributed by atoms with Gasteiger partial charge in [0.2, 0.25) is 15.0 Å². The van der Waals surface area contributed by atoms with Crippen molar-refractivity contribution < 1.29 is 8.42 Å². The van der Waals surface area contributed by atoms with E-state index in [1.54, 1.807) is 0 Å². The molecule has 0 aliphatic rings. The van der Waals surface area contributed by atoms with E-state index in [2.05, 4.69) is 25.9 Å². The zero-order chi connectivity index (χ0) is 12.5. The summed E-state index contributed by atoms with van der Waals surface area (Å²) in [5, 5.41) is -0.154. The molecule has 0 aliphatic heterocycles. The first-order chi connectivity index (χ1) is 7.97.